The molecule has 0 aliphatic rings. The van der Waals surface area contributed by atoms with E-state index in [4.69, 9.17) is 4.74 Å². The fourth-order valence-corrected chi connectivity index (χ4v) is 3.47. The molecule has 8 nitrogen and oxygen atoms in total. The van der Waals surface area contributed by atoms with Crippen molar-refractivity contribution in [1.82, 2.24) is 10.3 Å². The first-order chi connectivity index (χ1) is 16.4. The van der Waals surface area contributed by atoms with Crippen LogP contribution in [0.3, 0.4) is 0 Å². The number of imide groups is 1. The van der Waals surface area contributed by atoms with Crippen molar-refractivity contribution in [3.05, 3.63) is 83.9 Å². The maximum atomic E-state index is 13.2. The Balaban J connectivity index is 1.77. The lowest BCUT2D eigenvalue weighted by molar-refractivity contribution is 0.0966. The molecule has 4 rings (SSSR count). The van der Waals surface area contributed by atoms with E-state index < -0.39 is 11.9 Å². The van der Waals surface area contributed by atoms with Gasteiger partial charge >= 0.3 is 6.03 Å². The molecular formula is C26H21N3O5. The Morgan fingerprint density at radius 3 is 2.41 bits per heavy atom. The molecule has 3 amide bonds. The SMILES string of the molecule is COc1cc(-c2cc(C(=O)NC(=O)Nc3ccccc3)c3cc(C(C)=O)ccc3n2)ccc1O. The molecule has 3 aromatic carbocycles. The number of Topliss-reactive ketones (excluding diaryl/α,β-unsaturated/α-hetero) is 1. The quantitative estimate of drug-likeness (QED) is 0.373. The van der Waals surface area contributed by atoms with Crippen LogP contribution in [0.5, 0.6) is 11.5 Å². The third-order valence-electron chi connectivity index (χ3n) is 5.19. The number of phenols is 1. The van der Waals surface area contributed by atoms with Crippen molar-refractivity contribution in [1.29, 1.82) is 0 Å². The Morgan fingerprint density at radius 2 is 1.71 bits per heavy atom. The zero-order valence-electron chi connectivity index (χ0n) is 18.5. The van der Waals surface area contributed by atoms with Gasteiger partial charge < -0.3 is 15.2 Å². The number of ketones is 1. The van der Waals surface area contributed by atoms with Crippen LogP contribution in [0.4, 0.5) is 10.5 Å². The van der Waals surface area contributed by atoms with Crippen LogP contribution in [-0.4, -0.2) is 34.9 Å². The third-order valence-corrected chi connectivity index (χ3v) is 5.19. The molecule has 0 saturated carbocycles. The van der Waals surface area contributed by atoms with E-state index in [0.29, 0.717) is 33.4 Å². The zero-order chi connectivity index (χ0) is 24.2. The average Bonchev–Trinajstić information content (AvgIpc) is 2.83. The first-order valence-corrected chi connectivity index (χ1v) is 10.4. The summed E-state index contributed by atoms with van der Waals surface area (Å²) in [6.45, 7) is 1.43. The lowest BCUT2D eigenvalue weighted by Gasteiger charge is -2.12. The summed E-state index contributed by atoms with van der Waals surface area (Å²) in [5, 5.41) is 15.3. The van der Waals surface area contributed by atoms with Gasteiger partial charge in [0.2, 0.25) is 0 Å². The second-order valence-corrected chi connectivity index (χ2v) is 7.50. The summed E-state index contributed by atoms with van der Waals surface area (Å²) in [5.41, 5.74) is 2.59. The van der Waals surface area contributed by atoms with E-state index in [1.54, 1.807) is 54.6 Å². The number of benzene rings is 3. The molecule has 34 heavy (non-hydrogen) atoms. The van der Waals surface area contributed by atoms with Crippen LogP contribution in [0.25, 0.3) is 22.2 Å². The van der Waals surface area contributed by atoms with Gasteiger partial charge in [-0.05, 0) is 61.5 Å². The lowest BCUT2D eigenvalue weighted by Crippen LogP contribution is -2.34. The highest BCUT2D eigenvalue weighted by Gasteiger charge is 2.18. The number of aromatic nitrogens is 1. The predicted molar refractivity (Wildman–Crippen MR) is 128 cm³/mol. The van der Waals surface area contributed by atoms with Crippen molar-refractivity contribution in [3.8, 4) is 22.8 Å². The molecule has 1 heterocycles. The Bertz CT molecular complexity index is 1420. The number of nitrogens with zero attached hydrogens (tertiary/aromatic N) is 1. The van der Waals surface area contributed by atoms with Crippen molar-refractivity contribution in [3.63, 3.8) is 0 Å². The molecule has 170 valence electrons. The van der Waals surface area contributed by atoms with Crippen LogP contribution in [-0.2, 0) is 0 Å². The van der Waals surface area contributed by atoms with Gasteiger partial charge in [0.1, 0.15) is 0 Å². The fraction of sp³-hybridized carbons (Fsp3) is 0.0769. The van der Waals surface area contributed by atoms with Gasteiger partial charge in [-0.3, -0.25) is 14.9 Å². The van der Waals surface area contributed by atoms with E-state index in [0.717, 1.165) is 0 Å². The number of carbonyl (C=O) groups excluding carboxylic acids is 3. The van der Waals surface area contributed by atoms with E-state index in [1.165, 1.54) is 26.2 Å². The number of hydrogen-bond acceptors (Lipinski definition) is 6. The summed E-state index contributed by atoms with van der Waals surface area (Å²) in [6.07, 6.45) is 0. The average molecular weight is 455 g/mol. The zero-order valence-corrected chi connectivity index (χ0v) is 18.5. The molecule has 0 aliphatic carbocycles. The number of aromatic hydroxyl groups is 1. The fourth-order valence-electron chi connectivity index (χ4n) is 3.47. The number of methoxy groups -OCH3 is 1. The number of ether oxygens (including phenoxy) is 1. The highest BCUT2D eigenvalue weighted by molar-refractivity contribution is 6.15. The molecular weight excluding hydrogens is 434 g/mol. The lowest BCUT2D eigenvalue weighted by atomic mass is 10.0. The number of para-hydroxylation sites is 1. The van der Waals surface area contributed by atoms with Crippen LogP contribution in [0.2, 0.25) is 0 Å². The summed E-state index contributed by atoms with van der Waals surface area (Å²) in [5.74, 6) is -0.607. The van der Waals surface area contributed by atoms with Gasteiger partial charge in [-0.25, -0.2) is 9.78 Å². The Kier molecular flexibility index (Phi) is 6.22. The van der Waals surface area contributed by atoms with Crippen molar-refractivity contribution < 1.29 is 24.2 Å². The summed E-state index contributed by atoms with van der Waals surface area (Å²) in [4.78, 5) is 42.1. The van der Waals surface area contributed by atoms with E-state index >= 15 is 0 Å². The third kappa shape index (κ3) is 4.71. The number of rotatable bonds is 5. The standard InChI is InChI=1S/C26H21N3O5/c1-15(30)16-8-10-21-19(12-16)20(25(32)29-26(33)27-18-6-4-3-5-7-18)14-22(28-21)17-9-11-23(31)24(13-17)34-2/h3-14,31H,1-2H3,(H2,27,29,32,33). The number of pyridine rings is 1. The minimum Gasteiger partial charge on any atom is -0.504 e. The topological polar surface area (TPSA) is 118 Å². The molecule has 8 heteroatoms. The first-order valence-electron chi connectivity index (χ1n) is 10.4. The predicted octanol–water partition coefficient (Wildman–Crippen LogP) is 4.78. The molecule has 0 spiro atoms. The molecule has 4 aromatic rings. The number of anilines is 1. The highest BCUT2D eigenvalue weighted by atomic mass is 16.5. The van der Waals surface area contributed by atoms with Crippen LogP contribution in [0.1, 0.15) is 27.6 Å². The van der Waals surface area contributed by atoms with Gasteiger partial charge in [0.05, 0.1) is 23.9 Å². The second-order valence-electron chi connectivity index (χ2n) is 7.50. The molecule has 0 saturated heterocycles. The number of carbonyl (C=O) groups is 3. The summed E-state index contributed by atoms with van der Waals surface area (Å²) < 4.78 is 5.18. The van der Waals surface area contributed by atoms with Crippen LogP contribution >= 0.6 is 0 Å². The van der Waals surface area contributed by atoms with E-state index in [2.05, 4.69) is 15.6 Å². The molecule has 0 radical (unpaired) electrons. The molecule has 0 fully saturated rings. The van der Waals surface area contributed by atoms with Crippen molar-refractivity contribution >= 4 is 34.3 Å². The minimum atomic E-state index is -0.697. The number of fused-ring (bicyclic) bond motifs is 1. The summed E-state index contributed by atoms with van der Waals surface area (Å²) >= 11 is 0. The first kappa shape index (κ1) is 22.5. The van der Waals surface area contributed by atoms with Crippen LogP contribution in [0.15, 0.2) is 72.8 Å². The molecule has 3 N–H and O–H groups in total. The summed E-state index contributed by atoms with van der Waals surface area (Å²) in [7, 11) is 1.43. The highest BCUT2D eigenvalue weighted by Crippen LogP contribution is 2.32. The number of phenolic OH excluding ortho intramolecular Hbond substituents is 1. The van der Waals surface area contributed by atoms with Crippen molar-refractivity contribution in [2.24, 2.45) is 0 Å². The maximum Gasteiger partial charge on any atom is 0.326 e. The second kappa shape index (κ2) is 9.41. The maximum absolute atomic E-state index is 13.2. The number of nitrogens with one attached hydrogen (secondary N) is 2. The Morgan fingerprint density at radius 1 is 0.941 bits per heavy atom. The largest absolute Gasteiger partial charge is 0.504 e. The monoisotopic (exact) mass is 455 g/mol. The van der Waals surface area contributed by atoms with Gasteiger partial charge in [-0.15, -0.1) is 0 Å². The molecule has 0 unspecified atom stereocenters. The number of hydrogen-bond donors (Lipinski definition) is 3. The number of urea groups is 1. The molecule has 0 bridgehead atoms. The van der Waals surface area contributed by atoms with Gasteiger partial charge in [0, 0.05) is 22.2 Å². The van der Waals surface area contributed by atoms with Gasteiger partial charge in [-0.1, -0.05) is 18.2 Å². The van der Waals surface area contributed by atoms with E-state index in [-0.39, 0.29) is 22.8 Å². The smallest absolute Gasteiger partial charge is 0.326 e. The van der Waals surface area contributed by atoms with E-state index in [1.807, 2.05) is 6.07 Å². The Labute approximate surface area is 195 Å². The molecule has 1 aromatic heterocycles. The number of amides is 3. The normalized spacial score (nSPS) is 10.5. The van der Waals surface area contributed by atoms with Crippen molar-refractivity contribution in [2.45, 2.75) is 6.92 Å². The molecule has 0 aliphatic heterocycles. The Hall–Kier alpha value is -4.72. The van der Waals surface area contributed by atoms with Crippen LogP contribution in [0, 0.1) is 0 Å². The van der Waals surface area contributed by atoms with Gasteiger partial charge in [0.15, 0.2) is 17.3 Å². The van der Waals surface area contributed by atoms with E-state index in [9.17, 15) is 19.5 Å². The molecule has 0 atom stereocenters. The van der Waals surface area contributed by atoms with Gasteiger partial charge in [-0.2, -0.15) is 0 Å². The summed E-state index contributed by atoms with van der Waals surface area (Å²) in [6, 6.07) is 19.1. The van der Waals surface area contributed by atoms with Crippen LogP contribution < -0.4 is 15.4 Å². The van der Waals surface area contributed by atoms with Crippen molar-refractivity contribution in [2.75, 3.05) is 12.4 Å². The minimum absolute atomic E-state index is 0.0336. The van der Waals surface area contributed by atoms with Gasteiger partial charge in [0.25, 0.3) is 5.91 Å².